The summed E-state index contributed by atoms with van der Waals surface area (Å²) in [4.78, 5) is 0. The van der Waals surface area contributed by atoms with Crippen LogP contribution in [0.4, 0.5) is 0 Å². The SMILES string of the molecule is CC[C@@H](N)c1ccc(C#N)c(C)c1. The number of hydrogen-bond acceptors (Lipinski definition) is 2. The highest BCUT2D eigenvalue weighted by atomic mass is 14.6. The topological polar surface area (TPSA) is 49.8 Å². The molecule has 0 aliphatic carbocycles. The smallest absolute Gasteiger partial charge is 0.0994 e. The highest BCUT2D eigenvalue weighted by Gasteiger charge is 2.04. The van der Waals surface area contributed by atoms with E-state index in [1.54, 1.807) is 0 Å². The van der Waals surface area contributed by atoms with Gasteiger partial charge in [-0.25, -0.2) is 0 Å². The third kappa shape index (κ3) is 2.07. The van der Waals surface area contributed by atoms with E-state index >= 15 is 0 Å². The lowest BCUT2D eigenvalue weighted by atomic mass is 10.0. The van der Waals surface area contributed by atoms with Gasteiger partial charge < -0.3 is 5.73 Å². The normalized spacial score (nSPS) is 12.2. The predicted molar refractivity (Wildman–Crippen MR) is 53.1 cm³/mol. The van der Waals surface area contributed by atoms with Crippen LogP contribution in [-0.4, -0.2) is 0 Å². The van der Waals surface area contributed by atoms with Crippen LogP contribution in [0, 0.1) is 18.3 Å². The van der Waals surface area contributed by atoms with Crippen molar-refractivity contribution in [1.29, 1.82) is 5.26 Å². The van der Waals surface area contributed by atoms with Crippen molar-refractivity contribution < 1.29 is 0 Å². The Labute approximate surface area is 79.0 Å². The van der Waals surface area contributed by atoms with Gasteiger partial charge in [-0.2, -0.15) is 5.26 Å². The molecule has 0 aromatic heterocycles. The van der Waals surface area contributed by atoms with Crippen LogP contribution in [0.1, 0.15) is 36.1 Å². The second-order valence-corrected chi connectivity index (χ2v) is 3.20. The predicted octanol–water partition coefficient (Wildman–Crippen LogP) is 2.28. The summed E-state index contributed by atoms with van der Waals surface area (Å²) in [5.41, 5.74) is 8.71. The fourth-order valence-corrected chi connectivity index (χ4v) is 1.28. The van der Waals surface area contributed by atoms with Gasteiger partial charge in [-0.15, -0.1) is 0 Å². The highest BCUT2D eigenvalue weighted by Crippen LogP contribution is 2.17. The number of benzene rings is 1. The minimum Gasteiger partial charge on any atom is -0.324 e. The number of nitriles is 1. The molecule has 2 N–H and O–H groups in total. The van der Waals surface area contributed by atoms with E-state index in [9.17, 15) is 0 Å². The summed E-state index contributed by atoms with van der Waals surface area (Å²) >= 11 is 0. The molecule has 0 bridgehead atoms. The zero-order valence-corrected chi connectivity index (χ0v) is 8.04. The molecule has 0 unspecified atom stereocenters. The maximum atomic E-state index is 8.72. The average Bonchev–Trinajstić information content (AvgIpc) is 2.16. The van der Waals surface area contributed by atoms with Gasteiger partial charge in [0.25, 0.3) is 0 Å². The first-order valence-electron chi connectivity index (χ1n) is 4.45. The minimum absolute atomic E-state index is 0.0893. The molecule has 1 aromatic carbocycles. The highest BCUT2D eigenvalue weighted by molar-refractivity contribution is 5.40. The van der Waals surface area contributed by atoms with Gasteiger partial charge >= 0.3 is 0 Å². The van der Waals surface area contributed by atoms with E-state index in [-0.39, 0.29) is 6.04 Å². The van der Waals surface area contributed by atoms with E-state index in [2.05, 4.69) is 13.0 Å². The lowest BCUT2D eigenvalue weighted by Gasteiger charge is -2.10. The Kier molecular flexibility index (Phi) is 3.05. The molecule has 0 aliphatic rings. The number of nitrogens with two attached hydrogens (primary N) is 1. The van der Waals surface area contributed by atoms with Gasteiger partial charge in [0.1, 0.15) is 0 Å². The Morgan fingerprint density at radius 1 is 1.54 bits per heavy atom. The summed E-state index contributed by atoms with van der Waals surface area (Å²) in [6.07, 6.45) is 0.922. The molecule has 0 amide bonds. The average molecular weight is 174 g/mol. The van der Waals surface area contributed by atoms with E-state index in [0.717, 1.165) is 23.1 Å². The van der Waals surface area contributed by atoms with Crippen LogP contribution >= 0.6 is 0 Å². The van der Waals surface area contributed by atoms with Crippen LogP contribution in [0.5, 0.6) is 0 Å². The van der Waals surface area contributed by atoms with Gasteiger partial charge in [0.15, 0.2) is 0 Å². The fraction of sp³-hybridized carbons (Fsp3) is 0.364. The van der Waals surface area contributed by atoms with E-state index in [0.29, 0.717) is 0 Å². The Morgan fingerprint density at radius 2 is 2.23 bits per heavy atom. The Hall–Kier alpha value is -1.33. The van der Waals surface area contributed by atoms with Crippen LogP contribution in [-0.2, 0) is 0 Å². The second-order valence-electron chi connectivity index (χ2n) is 3.20. The standard InChI is InChI=1S/C11H14N2/c1-3-11(13)9-4-5-10(7-12)8(2)6-9/h4-6,11H,3,13H2,1-2H3/t11-/m1/s1. The molecule has 0 fully saturated rings. The number of nitrogens with zero attached hydrogens (tertiary/aromatic N) is 1. The summed E-state index contributed by atoms with van der Waals surface area (Å²) in [6.45, 7) is 3.99. The summed E-state index contributed by atoms with van der Waals surface area (Å²) in [5, 5.41) is 8.72. The first-order valence-corrected chi connectivity index (χ1v) is 4.45. The third-order valence-electron chi connectivity index (χ3n) is 2.24. The number of rotatable bonds is 2. The molecule has 0 saturated heterocycles. The Bertz CT molecular complexity index is 336. The van der Waals surface area contributed by atoms with Gasteiger partial charge in [0.05, 0.1) is 11.6 Å². The third-order valence-corrected chi connectivity index (χ3v) is 2.24. The van der Waals surface area contributed by atoms with Crippen LogP contribution in [0.3, 0.4) is 0 Å². The van der Waals surface area contributed by atoms with Crippen molar-refractivity contribution in [3.05, 3.63) is 34.9 Å². The molecule has 0 spiro atoms. The van der Waals surface area contributed by atoms with Crippen LogP contribution in [0.25, 0.3) is 0 Å². The maximum Gasteiger partial charge on any atom is 0.0994 e. The lowest BCUT2D eigenvalue weighted by Crippen LogP contribution is -2.08. The summed E-state index contributed by atoms with van der Waals surface area (Å²) in [7, 11) is 0. The quantitative estimate of drug-likeness (QED) is 0.747. The van der Waals surface area contributed by atoms with Gasteiger partial charge in [0, 0.05) is 6.04 Å². The van der Waals surface area contributed by atoms with Crippen molar-refractivity contribution in [1.82, 2.24) is 0 Å². The lowest BCUT2D eigenvalue weighted by molar-refractivity contribution is 0.698. The first kappa shape index (κ1) is 9.76. The van der Waals surface area contributed by atoms with Crippen molar-refractivity contribution in [2.45, 2.75) is 26.3 Å². The zero-order valence-electron chi connectivity index (χ0n) is 8.04. The fourth-order valence-electron chi connectivity index (χ4n) is 1.28. The Morgan fingerprint density at radius 3 is 2.69 bits per heavy atom. The van der Waals surface area contributed by atoms with Crippen molar-refractivity contribution >= 4 is 0 Å². The van der Waals surface area contributed by atoms with Gasteiger partial charge in [0.2, 0.25) is 0 Å². The maximum absolute atomic E-state index is 8.72. The second kappa shape index (κ2) is 4.06. The van der Waals surface area contributed by atoms with E-state index < -0.39 is 0 Å². The van der Waals surface area contributed by atoms with E-state index in [4.69, 9.17) is 11.0 Å². The van der Waals surface area contributed by atoms with Gasteiger partial charge in [-0.1, -0.05) is 19.1 Å². The summed E-state index contributed by atoms with van der Waals surface area (Å²) < 4.78 is 0. The van der Waals surface area contributed by atoms with Crippen LogP contribution in [0.15, 0.2) is 18.2 Å². The molecular formula is C11H14N2. The zero-order chi connectivity index (χ0) is 9.84. The summed E-state index contributed by atoms with van der Waals surface area (Å²) in [6, 6.07) is 7.98. The van der Waals surface area contributed by atoms with Gasteiger partial charge in [-0.05, 0) is 30.5 Å². The summed E-state index contributed by atoms with van der Waals surface area (Å²) in [5.74, 6) is 0. The molecule has 2 nitrogen and oxygen atoms in total. The van der Waals surface area contributed by atoms with Crippen molar-refractivity contribution in [3.63, 3.8) is 0 Å². The van der Waals surface area contributed by atoms with Crippen molar-refractivity contribution in [3.8, 4) is 6.07 Å². The minimum atomic E-state index is 0.0893. The molecule has 0 aliphatic heterocycles. The molecule has 68 valence electrons. The molecule has 2 heteroatoms. The van der Waals surface area contributed by atoms with Crippen molar-refractivity contribution in [2.24, 2.45) is 5.73 Å². The molecule has 1 rings (SSSR count). The van der Waals surface area contributed by atoms with Crippen LogP contribution < -0.4 is 5.73 Å². The number of hydrogen-bond donors (Lipinski definition) is 1. The largest absolute Gasteiger partial charge is 0.324 e. The van der Waals surface area contributed by atoms with Crippen molar-refractivity contribution in [2.75, 3.05) is 0 Å². The molecule has 1 aromatic rings. The first-order chi connectivity index (χ1) is 6.19. The molecule has 0 heterocycles. The number of aryl methyl sites for hydroxylation is 1. The molecule has 13 heavy (non-hydrogen) atoms. The van der Waals surface area contributed by atoms with E-state index in [1.807, 2.05) is 25.1 Å². The Balaban J connectivity index is 3.04. The molecule has 0 radical (unpaired) electrons. The van der Waals surface area contributed by atoms with Gasteiger partial charge in [-0.3, -0.25) is 0 Å². The molecule has 1 atom stereocenters. The van der Waals surface area contributed by atoms with E-state index in [1.165, 1.54) is 0 Å². The monoisotopic (exact) mass is 174 g/mol. The molecule has 0 saturated carbocycles. The van der Waals surface area contributed by atoms with Crippen LogP contribution in [0.2, 0.25) is 0 Å². The molecular weight excluding hydrogens is 160 g/mol.